The summed E-state index contributed by atoms with van der Waals surface area (Å²) in [6.45, 7) is 2.55. The summed E-state index contributed by atoms with van der Waals surface area (Å²) < 4.78 is 0. The number of aryl methyl sites for hydroxylation is 2. The Hall–Kier alpha value is -2.16. The van der Waals surface area contributed by atoms with E-state index in [9.17, 15) is 4.79 Å². The molecule has 1 N–H and O–H groups in total. The fourth-order valence-corrected chi connectivity index (χ4v) is 1.90. The van der Waals surface area contributed by atoms with Crippen LogP contribution in [-0.4, -0.2) is 17.4 Å². The first kappa shape index (κ1) is 13.3. The number of hydrogen-bond donors (Lipinski definition) is 1. The van der Waals surface area contributed by atoms with Crippen LogP contribution in [0.4, 0.5) is 0 Å². The maximum atomic E-state index is 11.8. The van der Waals surface area contributed by atoms with Crippen LogP contribution < -0.4 is 5.32 Å². The molecule has 0 aliphatic carbocycles. The Labute approximate surface area is 113 Å². The molecule has 0 radical (unpaired) electrons. The summed E-state index contributed by atoms with van der Waals surface area (Å²) in [5.74, 6) is -0.100. The molecule has 0 bridgehead atoms. The molecule has 2 aromatic rings. The quantitative estimate of drug-likeness (QED) is 0.834. The monoisotopic (exact) mass is 254 g/mol. The van der Waals surface area contributed by atoms with Crippen molar-refractivity contribution in [2.45, 2.75) is 19.8 Å². The van der Waals surface area contributed by atoms with E-state index in [-0.39, 0.29) is 5.91 Å². The Morgan fingerprint density at radius 3 is 2.63 bits per heavy atom. The summed E-state index contributed by atoms with van der Waals surface area (Å²) in [6.07, 6.45) is 1.91. The summed E-state index contributed by atoms with van der Waals surface area (Å²) in [5.41, 5.74) is 2.64. The van der Waals surface area contributed by atoms with Crippen molar-refractivity contribution >= 4 is 5.91 Å². The zero-order valence-electron chi connectivity index (χ0n) is 11.1. The lowest BCUT2D eigenvalue weighted by Crippen LogP contribution is -2.25. The number of rotatable bonds is 5. The van der Waals surface area contributed by atoms with Gasteiger partial charge in [0.15, 0.2) is 0 Å². The van der Waals surface area contributed by atoms with Crippen LogP contribution >= 0.6 is 0 Å². The highest BCUT2D eigenvalue weighted by atomic mass is 16.1. The van der Waals surface area contributed by atoms with Gasteiger partial charge in [-0.3, -0.25) is 4.79 Å². The SMILES string of the molecule is Cc1cccc(C(=O)NCCCc2ccccc2)n1. The highest BCUT2D eigenvalue weighted by Gasteiger charge is 2.05. The Bertz CT molecular complexity index is 537. The Balaban J connectivity index is 1.75. The van der Waals surface area contributed by atoms with Crippen LogP contribution in [-0.2, 0) is 6.42 Å². The molecule has 0 aliphatic rings. The molecular formula is C16H18N2O. The highest BCUT2D eigenvalue weighted by molar-refractivity contribution is 5.92. The van der Waals surface area contributed by atoms with Crippen molar-refractivity contribution in [1.82, 2.24) is 10.3 Å². The molecule has 0 saturated heterocycles. The van der Waals surface area contributed by atoms with Gasteiger partial charge in [-0.2, -0.15) is 0 Å². The van der Waals surface area contributed by atoms with E-state index >= 15 is 0 Å². The summed E-state index contributed by atoms with van der Waals surface area (Å²) in [7, 11) is 0. The minimum absolute atomic E-state index is 0.100. The maximum absolute atomic E-state index is 11.8. The number of pyridine rings is 1. The number of nitrogens with zero attached hydrogens (tertiary/aromatic N) is 1. The lowest BCUT2D eigenvalue weighted by atomic mass is 10.1. The summed E-state index contributed by atoms with van der Waals surface area (Å²) in [6, 6.07) is 15.7. The topological polar surface area (TPSA) is 42.0 Å². The smallest absolute Gasteiger partial charge is 0.269 e. The minimum Gasteiger partial charge on any atom is -0.351 e. The van der Waals surface area contributed by atoms with Crippen LogP contribution in [0.2, 0.25) is 0 Å². The molecule has 1 amide bonds. The van der Waals surface area contributed by atoms with Crippen LogP contribution in [0, 0.1) is 6.92 Å². The van der Waals surface area contributed by atoms with Gasteiger partial charge in [-0.25, -0.2) is 4.98 Å². The summed E-state index contributed by atoms with van der Waals surface area (Å²) in [4.78, 5) is 16.0. The molecule has 0 fully saturated rings. The molecule has 0 spiro atoms. The first-order chi connectivity index (χ1) is 9.25. The first-order valence-electron chi connectivity index (χ1n) is 6.51. The van der Waals surface area contributed by atoms with Gasteiger partial charge in [0.05, 0.1) is 0 Å². The predicted octanol–water partition coefficient (Wildman–Crippen LogP) is 2.75. The van der Waals surface area contributed by atoms with E-state index in [4.69, 9.17) is 0 Å². The lowest BCUT2D eigenvalue weighted by Gasteiger charge is -2.05. The molecular weight excluding hydrogens is 236 g/mol. The van der Waals surface area contributed by atoms with Gasteiger partial charge in [-0.05, 0) is 37.5 Å². The second-order valence-corrected chi connectivity index (χ2v) is 4.51. The largest absolute Gasteiger partial charge is 0.351 e. The van der Waals surface area contributed by atoms with Crippen LogP contribution in [0.3, 0.4) is 0 Å². The Morgan fingerprint density at radius 1 is 1.11 bits per heavy atom. The van der Waals surface area contributed by atoms with Gasteiger partial charge >= 0.3 is 0 Å². The number of carbonyl (C=O) groups is 1. The van der Waals surface area contributed by atoms with E-state index < -0.39 is 0 Å². The van der Waals surface area contributed by atoms with E-state index in [1.54, 1.807) is 6.07 Å². The third-order valence-electron chi connectivity index (χ3n) is 2.89. The van der Waals surface area contributed by atoms with Gasteiger partial charge in [0.2, 0.25) is 0 Å². The average Bonchev–Trinajstić information content (AvgIpc) is 2.44. The van der Waals surface area contributed by atoms with E-state index in [2.05, 4.69) is 22.4 Å². The third kappa shape index (κ3) is 4.21. The number of hydrogen-bond acceptors (Lipinski definition) is 2. The number of benzene rings is 1. The standard InChI is InChI=1S/C16H18N2O/c1-13-7-5-11-15(18-13)16(19)17-12-6-10-14-8-3-2-4-9-14/h2-5,7-9,11H,6,10,12H2,1H3,(H,17,19). The Kier molecular flexibility index (Phi) is 4.67. The van der Waals surface area contributed by atoms with Crippen molar-refractivity contribution in [3.05, 3.63) is 65.5 Å². The number of aromatic nitrogens is 1. The van der Waals surface area contributed by atoms with Crippen LogP contribution in [0.1, 0.15) is 28.2 Å². The zero-order valence-corrected chi connectivity index (χ0v) is 11.1. The van der Waals surface area contributed by atoms with E-state index in [1.165, 1.54) is 5.56 Å². The second kappa shape index (κ2) is 6.69. The van der Waals surface area contributed by atoms with Gasteiger partial charge in [-0.15, -0.1) is 0 Å². The molecule has 3 nitrogen and oxygen atoms in total. The molecule has 1 heterocycles. The fraction of sp³-hybridized carbons (Fsp3) is 0.250. The van der Waals surface area contributed by atoms with Crippen LogP contribution in [0.5, 0.6) is 0 Å². The van der Waals surface area contributed by atoms with Gasteiger partial charge < -0.3 is 5.32 Å². The summed E-state index contributed by atoms with van der Waals surface area (Å²) >= 11 is 0. The lowest BCUT2D eigenvalue weighted by molar-refractivity contribution is 0.0948. The molecule has 98 valence electrons. The zero-order chi connectivity index (χ0) is 13.5. The van der Waals surface area contributed by atoms with Crippen molar-refractivity contribution in [3.63, 3.8) is 0 Å². The second-order valence-electron chi connectivity index (χ2n) is 4.51. The normalized spacial score (nSPS) is 10.2. The fourth-order valence-electron chi connectivity index (χ4n) is 1.90. The molecule has 0 saturated carbocycles. The molecule has 0 atom stereocenters. The molecule has 19 heavy (non-hydrogen) atoms. The van der Waals surface area contributed by atoms with Gasteiger partial charge in [0.1, 0.15) is 5.69 Å². The summed E-state index contributed by atoms with van der Waals surface area (Å²) in [5, 5.41) is 2.89. The van der Waals surface area contributed by atoms with Gasteiger partial charge in [-0.1, -0.05) is 36.4 Å². The van der Waals surface area contributed by atoms with Crippen molar-refractivity contribution < 1.29 is 4.79 Å². The van der Waals surface area contributed by atoms with Crippen molar-refractivity contribution in [1.29, 1.82) is 0 Å². The van der Waals surface area contributed by atoms with E-state index in [0.717, 1.165) is 18.5 Å². The number of carbonyl (C=O) groups excluding carboxylic acids is 1. The van der Waals surface area contributed by atoms with Crippen molar-refractivity contribution in [3.8, 4) is 0 Å². The van der Waals surface area contributed by atoms with Crippen molar-refractivity contribution in [2.24, 2.45) is 0 Å². The molecule has 3 heteroatoms. The van der Waals surface area contributed by atoms with E-state index in [0.29, 0.717) is 12.2 Å². The van der Waals surface area contributed by atoms with Crippen LogP contribution in [0.25, 0.3) is 0 Å². The number of amides is 1. The van der Waals surface area contributed by atoms with E-state index in [1.807, 2.05) is 37.3 Å². The molecule has 0 unspecified atom stereocenters. The molecule has 1 aromatic heterocycles. The molecule has 0 aliphatic heterocycles. The van der Waals surface area contributed by atoms with Crippen molar-refractivity contribution in [2.75, 3.05) is 6.54 Å². The minimum atomic E-state index is -0.100. The van der Waals surface area contributed by atoms with Crippen LogP contribution in [0.15, 0.2) is 48.5 Å². The highest BCUT2D eigenvalue weighted by Crippen LogP contribution is 2.02. The molecule has 1 aromatic carbocycles. The predicted molar refractivity (Wildman–Crippen MR) is 76.1 cm³/mol. The number of nitrogens with one attached hydrogen (secondary N) is 1. The third-order valence-corrected chi connectivity index (χ3v) is 2.89. The van der Waals surface area contributed by atoms with Gasteiger partial charge in [0, 0.05) is 12.2 Å². The average molecular weight is 254 g/mol. The van der Waals surface area contributed by atoms with Gasteiger partial charge in [0.25, 0.3) is 5.91 Å². The molecule has 2 rings (SSSR count). The first-order valence-corrected chi connectivity index (χ1v) is 6.51. The Morgan fingerprint density at radius 2 is 1.89 bits per heavy atom. The maximum Gasteiger partial charge on any atom is 0.269 e.